The number of hydrogen-bond donors (Lipinski definition) is 3. The van der Waals surface area contributed by atoms with Gasteiger partial charge >= 0.3 is 0 Å². The number of nitrogens with two attached hydrogens (primary N) is 1. The Bertz CT molecular complexity index is 1390. The molecule has 4 aliphatic rings. The van der Waals surface area contributed by atoms with E-state index in [0.717, 1.165) is 45.5 Å². The first-order chi connectivity index (χ1) is 19.5. The Balaban J connectivity index is 1.37. The number of rotatable bonds is 6. The van der Waals surface area contributed by atoms with Gasteiger partial charge in [-0.05, 0) is 62.6 Å². The van der Waals surface area contributed by atoms with E-state index in [0.29, 0.717) is 32.5 Å². The van der Waals surface area contributed by atoms with Crippen molar-refractivity contribution in [3.05, 3.63) is 57.6 Å². The predicted molar refractivity (Wildman–Crippen MR) is 159 cm³/mol. The van der Waals surface area contributed by atoms with E-state index in [1.807, 2.05) is 44.2 Å². The van der Waals surface area contributed by atoms with Gasteiger partial charge in [-0.15, -0.1) is 0 Å². The Morgan fingerprint density at radius 3 is 2.51 bits per heavy atom. The molecule has 1 amide bonds. The van der Waals surface area contributed by atoms with Crippen molar-refractivity contribution in [1.82, 2.24) is 10.2 Å². The molecule has 2 aromatic carbocycles. The molecule has 0 bridgehead atoms. The third-order valence-electron chi connectivity index (χ3n) is 9.36. The number of guanidine groups is 1. The summed E-state index contributed by atoms with van der Waals surface area (Å²) in [5, 5.41) is 15.1. The van der Waals surface area contributed by atoms with E-state index in [1.54, 1.807) is 4.90 Å². The second-order valence-electron chi connectivity index (χ2n) is 12.1. The van der Waals surface area contributed by atoms with Crippen LogP contribution in [0.3, 0.4) is 0 Å². The number of nitrogens with one attached hydrogen (secondary N) is 1. The van der Waals surface area contributed by atoms with Crippen LogP contribution in [0.25, 0.3) is 0 Å². The molecule has 1 saturated heterocycles. The van der Waals surface area contributed by atoms with Gasteiger partial charge in [0.05, 0.1) is 37.3 Å². The summed E-state index contributed by atoms with van der Waals surface area (Å²) in [7, 11) is 0. The summed E-state index contributed by atoms with van der Waals surface area (Å²) >= 11 is 3.57. The standard InChI is InChI=1S/C31H39BrN4O5/c1-5-30(6-2)17-25(37)36(28(33)35-30)22-11-13-39-23-9-7-18(15-20(22)23)31(12-14-40-31)34-26-21-16-19(32)8-10-24(21)41-29(3,4)27(26)38/h7-10,15-16,22,26-27,34,38H,5-6,11-14,17H2,1-4H3,(H2,33,35)/t22-,26-,27+,31?/m1/s1. The molecule has 0 radical (unpaired) electrons. The molecular formula is C31H39BrN4O5. The molecule has 4 N–H and O–H groups in total. The van der Waals surface area contributed by atoms with E-state index < -0.39 is 29.0 Å². The smallest absolute Gasteiger partial charge is 0.232 e. The fourth-order valence-corrected chi connectivity index (χ4v) is 7.01. The van der Waals surface area contributed by atoms with Gasteiger partial charge in [0.2, 0.25) is 5.91 Å². The highest BCUT2D eigenvalue weighted by Crippen LogP contribution is 2.47. The number of carbonyl (C=O) groups excluding carboxylic acids is 1. The van der Waals surface area contributed by atoms with Crippen LogP contribution in [-0.4, -0.2) is 52.3 Å². The summed E-state index contributed by atoms with van der Waals surface area (Å²) in [6, 6.07) is 11.1. The monoisotopic (exact) mass is 626 g/mol. The van der Waals surface area contributed by atoms with Crippen molar-refractivity contribution in [2.24, 2.45) is 10.7 Å². The van der Waals surface area contributed by atoms with Crippen molar-refractivity contribution < 1.29 is 24.1 Å². The predicted octanol–water partition coefficient (Wildman–Crippen LogP) is 4.81. The fourth-order valence-electron chi connectivity index (χ4n) is 6.63. The highest BCUT2D eigenvalue weighted by Gasteiger charge is 2.50. The molecule has 6 rings (SSSR count). The van der Waals surface area contributed by atoms with Gasteiger partial charge in [0.25, 0.3) is 0 Å². The van der Waals surface area contributed by atoms with E-state index >= 15 is 0 Å². The van der Waals surface area contributed by atoms with Crippen molar-refractivity contribution in [1.29, 1.82) is 0 Å². The van der Waals surface area contributed by atoms with Crippen LogP contribution in [0.5, 0.6) is 11.5 Å². The summed E-state index contributed by atoms with van der Waals surface area (Å²) in [5.74, 6) is 1.72. The van der Waals surface area contributed by atoms with E-state index in [4.69, 9.17) is 24.9 Å². The lowest BCUT2D eigenvalue weighted by atomic mass is 9.83. The quantitative estimate of drug-likeness (QED) is 0.421. The molecule has 2 aromatic rings. The Morgan fingerprint density at radius 1 is 1.12 bits per heavy atom. The highest BCUT2D eigenvalue weighted by atomic mass is 79.9. The zero-order valence-corrected chi connectivity index (χ0v) is 25.7. The number of amides is 1. The number of nitrogens with zero attached hydrogens (tertiary/aromatic N) is 2. The molecule has 1 unspecified atom stereocenters. The van der Waals surface area contributed by atoms with Crippen LogP contribution in [0, 0.1) is 0 Å². The van der Waals surface area contributed by atoms with E-state index in [-0.39, 0.29) is 17.9 Å². The molecule has 0 saturated carbocycles. The summed E-state index contributed by atoms with van der Waals surface area (Å²) in [5.41, 5.74) is 7.07. The van der Waals surface area contributed by atoms with Crippen LogP contribution in [0.1, 0.15) is 88.6 Å². The number of aliphatic hydroxyl groups excluding tert-OH is 1. The van der Waals surface area contributed by atoms with Crippen molar-refractivity contribution in [3.63, 3.8) is 0 Å². The second kappa shape index (κ2) is 10.3. The van der Waals surface area contributed by atoms with Gasteiger partial charge < -0.3 is 25.1 Å². The Kier molecular flexibility index (Phi) is 7.12. The van der Waals surface area contributed by atoms with Crippen LogP contribution >= 0.6 is 15.9 Å². The molecule has 41 heavy (non-hydrogen) atoms. The maximum Gasteiger partial charge on any atom is 0.232 e. The van der Waals surface area contributed by atoms with Crippen LogP contribution in [0.4, 0.5) is 0 Å². The first-order valence-corrected chi connectivity index (χ1v) is 15.3. The first kappa shape index (κ1) is 28.5. The number of fused-ring (bicyclic) bond motifs is 2. The number of ether oxygens (including phenoxy) is 3. The minimum Gasteiger partial charge on any atom is -0.493 e. The zero-order valence-electron chi connectivity index (χ0n) is 24.1. The SMILES string of the molecule is CCC1(CC)CC(=O)N([C@@H]2CCOc3ccc(C4(N[C@@H]5c6cc(Br)ccc6OC(C)(C)[C@H]5O)CCO4)cc32)C(N)=N1. The van der Waals surface area contributed by atoms with Gasteiger partial charge in [-0.1, -0.05) is 35.8 Å². The lowest BCUT2D eigenvalue weighted by Crippen LogP contribution is -2.60. The lowest BCUT2D eigenvalue weighted by molar-refractivity contribution is -0.195. The summed E-state index contributed by atoms with van der Waals surface area (Å²) in [6.07, 6.45) is 2.36. The molecule has 0 spiro atoms. The molecule has 0 aromatic heterocycles. The molecule has 4 aliphatic heterocycles. The molecular weight excluding hydrogens is 588 g/mol. The number of aliphatic imine (C=N–C) groups is 1. The zero-order chi connectivity index (χ0) is 29.2. The van der Waals surface area contributed by atoms with Crippen molar-refractivity contribution in [2.75, 3.05) is 13.2 Å². The minimum atomic E-state index is -0.835. The molecule has 4 atom stereocenters. The molecule has 1 fully saturated rings. The number of carbonyl (C=O) groups is 1. The third-order valence-corrected chi connectivity index (χ3v) is 9.85. The Morgan fingerprint density at radius 2 is 1.85 bits per heavy atom. The maximum atomic E-state index is 13.5. The van der Waals surface area contributed by atoms with Crippen LogP contribution in [-0.2, 0) is 15.3 Å². The summed E-state index contributed by atoms with van der Waals surface area (Å²) in [4.78, 5) is 20.0. The number of benzene rings is 2. The van der Waals surface area contributed by atoms with Gasteiger partial charge in [0, 0.05) is 28.4 Å². The summed E-state index contributed by atoms with van der Waals surface area (Å²) in [6.45, 7) is 8.95. The maximum absolute atomic E-state index is 13.5. The fraction of sp³-hybridized carbons (Fsp3) is 0.548. The van der Waals surface area contributed by atoms with Gasteiger partial charge in [0.1, 0.15) is 28.9 Å². The van der Waals surface area contributed by atoms with Crippen molar-refractivity contribution >= 4 is 27.8 Å². The first-order valence-electron chi connectivity index (χ1n) is 14.5. The molecule has 10 heteroatoms. The van der Waals surface area contributed by atoms with E-state index in [1.165, 1.54) is 0 Å². The molecule has 0 aliphatic carbocycles. The lowest BCUT2D eigenvalue weighted by Gasteiger charge is -2.50. The van der Waals surface area contributed by atoms with Gasteiger partial charge in [-0.2, -0.15) is 0 Å². The average Bonchev–Trinajstić information content (AvgIpc) is 2.92. The Hall–Kier alpha value is -2.66. The number of hydrogen-bond acceptors (Lipinski definition) is 8. The van der Waals surface area contributed by atoms with Crippen molar-refractivity contribution in [2.45, 2.75) is 94.9 Å². The van der Waals surface area contributed by atoms with Crippen LogP contribution in [0.2, 0.25) is 0 Å². The van der Waals surface area contributed by atoms with Crippen molar-refractivity contribution in [3.8, 4) is 11.5 Å². The minimum absolute atomic E-state index is 0.00747. The number of halogens is 1. The summed E-state index contributed by atoms with van der Waals surface area (Å²) < 4.78 is 19.4. The van der Waals surface area contributed by atoms with E-state index in [2.05, 4.69) is 41.2 Å². The molecule has 9 nitrogen and oxygen atoms in total. The van der Waals surface area contributed by atoms with Gasteiger partial charge in [-0.25, -0.2) is 4.99 Å². The second-order valence-corrected chi connectivity index (χ2v) is 13.0. The number of aliphatic hydroxyl groups is 1. The topological polar surface area (TPSA) is 119 Å². The molecule has 220 valence electrons. The molecule has 4 heterocycles. The van der Waals surface area contributed by atoms with Gasteiger partial charge in [-0.3, -0.25) is 15.0 Å². The highest BCUT2D eigenvalue weighted by molar-refractivity contribution is 9.10. The largest absolute Gasteiger partial charge is 0.493 e. The van der Waals surface area contributed by atoms with E-state index in [9.17, 15) is 9.90 Å². The average molecular weight is 628 g/mol. The van der Waals surface area contributed by atoms with Gasteiger partial charge in [0.15, 0.2) is 5.96 Å². The Labute approximate surface area is 249 Å². The third kappa shape index (κ3) is 4.73. The van der Waals surface area contributed by atoms with Crippen LogP contribution in [0.15, 0.2) is 45.9 Å². The normalized spacial score (nSPS) is 29.8. The van der Waals surface area contributed by atoms with Crippen LogP contribution < -0.4 is 20.5 Å².